The van der Waals surface area contributed by atoms with Crippen LogP contribution in [0.3, 0.4) is 0 Å². The number of aromatic amines is 1. The van der Waals surface area contributed by atoms with Gasteiger partial charge in [-0.05, 0) is 56.0 Å². The molecule has 0 unspecified atom stereocenters. The highest BCUT2D eigenvalue weighted by Gasteiger charge is 2.21. The maximum Gasteiger partial charge on any atom is 0.241 e. The fourth-order valence-electron chi connectivity index (χ4n) is 4.47. The number of carbonyl (C=O) groups excluding carboxylic acids is 1. The van der Waals surface area contributed by atoms with E-state index >= 15 is 0 Å². The van der Waals surface area contributed by atoms with E-state index in [4.69, 9.17) is 0 Å². The van der Waals surface area contributed by atoms with Gasteiger partial charge in [-0.25, -0.2) is 0 Å². The minimum absolute atomic E-state index is 0.0224. The normalized spacial score (nSPS) is 13.1. The zero-order chi connectivity index (χ0) is 22.7. The second kappa shape index (κ2) is 9.41. The van der Waals surface area contributed by atoms with Crippen LogP contribution in [0.5, 0.6) is 0 Å². The Balaban J connectivity index is 1.53. The number of aromatic nitrogens is 1. The van der Waals surface area contributed by atoms with E-state index in [0.717, 1.165) is 22.3 Å². The zero-order valence-corrected chi connectivity index (χ0v) is 19.2. The molecule has 2 atom stereocenters. The quantitative estimate of drug-likeness (QED) is 0.348. The molecule has 0 aliphatic heterocycles. The number of carbonyl (C=O) groups is 1. The Hall–Kier alpha value is -3.37. The number of H-pyrrole nitrogens is 1. The molecule has 1 aromatic heterocycles. The molecule has 0 saturated heterocycles. The standard InChI is InChI=1S/C28H31N3O/c1-18-14-19(2)27(20(3)15-18)31-28(32)21(4)29-16-24(22-10-6-5-7-11-22)25-17-30-26-13-9-8-12-23(25)26/h5-15,17,21,24,29-30H,16H2,1-4H3,(H,31,32)/t21-,24-/m1/s1. The molecule has 0 aliphatic rings. The summed E-state index contributed by atoms with van der Waals surface area (Å²) < 4.78 is 0. The highest BCUT2D eigenvalue weighted by molar-refractivity contribution is 5.96. The lowest BCUT2D eigenvalue weighted by molar-refractivity contribution is -0.117. The van der Waals surface area contributed by atoms with Crippen LogP contribution in [0.2, 0.25) is 0 Å². The first-order valence-corrected chi connectivity index (χ1v) is 11.2. The van der Waals surface area contributed by atoms with E-state index in [1.54, 1.807) is 0 Å². The Kier molecular flexibility index (Phi) is 6.42. The lowest BCUT2D eigenvalue weighted by Crippen LogP contribution is -2.40. The van der Waals surface area contributed by atoms with Crippen LogP contribution in [0.15, 0.2) is 72.9 Å². The Morgan fingerprint density at radius 2 is 1.59 bits per heavy atom. The molecule has 0 spiro atoms. The maximum atomic E-state index is 13.0. The van der Waals surface area contributed by atoms with E-state index in [1.807, 2.05) is 32.9 Å². The van der Waals surface area contributed by atoms with Crippen molar-refractivity contribution in [3.63, 3.8) is 0 Å². The second-order valence-corrected chi connectivity index (χ2v) is 8.65. The highest BCUT2D eigenvalue weighted by Crippen LogP contribution is 2.30. The predicted molar refractivity (Wildman–Crippen MR) is 133 cm³/mol. The van der Waals surface area contributed by atoms with Gasteiger partial charge in [0.15, 0.2) is 0 Å². The number of benzene rings is 3. The number of hydrogen-bond acceptors (Lipinski definition) is 2. The fraction of sp³-hybridized carbons (Fsp3) is 0.250. The van der Waals surface area contributed by atoms with Crippen molar-refractivity contribution in [2.75, 3.05) is 11.9 Å². The van der Waals surface area contributed by atoms with Crippen LogP contribution >= 0.6 is 0 Å². The van der Waals surface area contributed by atoms with Gasteiger partial charge < -0.3 is 15.6 Å². The number of fused-ring (bicyclic) bond motifs is 1. The van der Waals surface area contributed by atoms with Crippen LogP contribution in [0, 0.1) is 20.8 Å². The summed E-state index contributed by atoms with van der Waals surface area (Å²) in [5.74, 6) is 0.108. The third-order valence-electron chi connectivity index (χ3n) is 6.15. The Bertz CT molecular complexity index is 1200. The van der Waals surface area contributed by atoms with E-state index in [2.05, 4.69) is 83.3 Å². The number of amides is 1. The summed E-state index contributed by atoms with van der Waals surface area (Å²) in [7, 11) is 0. The van der Waals surface area contributed by atoms with Crippen LogP contribution < -0.4 is 10.6 Å². The van der Waals surface area contributed by atoms with Crippen molar-refractivity contribution >= 4 is 22.5 Å². The minimum Gasteiger partial charge on any atom is -0.361 e. The van der Waals surface area contributed by atoms with Gasteiger partial charge in [-0.1, -0.05) is 66.2 Å². The first kappa shape index (κ1) is 21.8. The molecule has 0 fully saturated rings. The number of nitrogens with one attached hydrogen (secondary N) is 3. The Labute approximate surface area is 190 Å². The van der Waals surface area contributed by atoms with Crippen molar-refractivity contribution in [1.82, 2.24) is 10.3 Å². The van der Waals surface area contributed by atoms with Gasteiger partial charge in [0.2, 0.25) is 5.91 Å². The first-order chi connectivity index (χ1) is 15.4. The SMILES string of the molecule is Cc1cc(C)c(NC(=O)[C@@H](C)NC[C@H](c2ccccc2)c2c[nH]c3ccccc23)c(C)c1. The molecule has 0 saturated carbocycles. The average molecular weight is 426 g/mol. The summed E-state index contributed by atoms with van der Waals surface area (Å²) in [6.45, 7) is 8.73. The van der Waals surface area contributed by atoms with E-state index in [1.165, 1.54) is 22.1 Å². The molecule has 3 N–H and O–H groups in total. The molecule has 1 heterocycles. The molecule has 1 amide bonds. The molecule has 4 rings (SSSR count). The molecule has 164 valence electrons. The van der Waals surface area contributed by atoms with Crippen molar-refractivity contribution in [2.24, 2.45) is 0 Å². The van der Waals surface area contributed by atoms with E-state index < -0.39 is 0 Å². The Morgan fingerprint density at radius 1 is 0.938 bits per heavy atom. The highest BCUT2D eigenvalue weighted by atomic mass is 16.2. The molecule has 0 aliphatic carbocycles. The molecule has 4 heteroatoms. The lowest BCUT2D eigenvalue weighted by atomic mass is 9.90. The van der Waals surface area contributed by atoms with Crippen molar-refractivity contribution < 1.29 is 4.79 Å². The first-order valence-electron chi connectivity index (χ1n) is 11.2. The van der Waals surface area contributed by atoms with Crippen LogP contribution in [-0.4, -0.2) is 23.5 Å². The topological polar surface area (TPSA) is 56.9 Å². The summed E-state index contributed by atoms with van der Waals surface area (Å²) in [6.07, 6.45) is 2.09. The van der Waals surface area contributed by atoms with Gasteiger partial charge in [-0.2, -0.15) is 0 Å². The lowest BCUT2D eigenvalue weighted by Gasteiger charge is -2.22. The minimum atomic E-state index is -0.327. The monoisotopic (exact) mass is 425 g/mol. The average Bonchev–Trinajstić information content (AvgIpc) is 3.21. The molecule has 32 heavy (non-hydrogen) atoms. The molecular formula is C28H31N3O. The number of aryl methyl sites for hydroxylation is 3. The predicted octanol–water partition coefficient (Wildman–Crippen LogP) is 5.84. The van der Waals surface area contributed by atoms with Gasteiger partial charge in [0, 0.05) is 35.2 Å². The third-order valence-corrected chi connectivity index (χ3v) is 6.15. The van der Waals surface area contributed by atoms with Gasteiger partial charge in [0.25, 0.3) is 0 Å². The van der Waals surface area contributed by atoms with Gasteiger partial charge in [-0.15, -0.1) is 0 Å². The number of rotatable bonds is 7. The molecule has 0 bridgehead atoms. The Morgan fingerprint density at radius 3 is 2.31 bits per heavy atom. The van der Waals surface area contributed by atoms with Crippen molar-refractivity contribution in [2.45, 2.75) is 39.7 Å². The van der Waals surface area contributed by atoms with Crippen molar-refractivity contribution in [1.29, 1.82) is 0 Å². The maximum absolute atomic E-state index is 13.0. The van der Waals surface area contributed by atoms with Gasteiger partial charge in [0.05, 0.1) is 6.04 Å². The van der Waals surface area contributed by atoms with E-state index in [9.17, 15) is 4.79 Å². The van der Waals surface area contributed by atoms with E-state index in [-0.39, 0.29) is 17.9 Å². The third kappa shape index (κ3) is 4.61. The summed E-state index contributed by atoms with van der Waals surface area (Å²) in [5.41, 5.74) is 7.87. The number of hydrogen-bond donors (Lipinski definition) is 3. The van der Waals surface area contributed by atoms with Gasteiger partial charge >= 0.3 is 0 Å². The van der Waals surface area contributed by atoms with E-state index in [0.29, 0.717) is 6.54 Å². The summed E-state index contributed by atoms with van der Waals surface area (Å²) in [5, 5.41) is 7.82. The smallest absolute Gasteiger partial charge is 0.241 e. The van der Waals surface area contributed by atoms with Crippen molar-refractivity contribution in [3.05, 3.63) is 101 Å². The van der Waals surface area contributed by atoms with Gasteiger partial charge in [-0.3, -0.25) is 4.79 Å². The molecule has 3 aromatic carbocycles. The largest absolute Gasteiger partial charge is 0.361 e. The summed E-state index contributed by atoms with van der Waals surface area (Å²) >= 11 is 0. The summed E-state index contributed by atoms with van der Waals surface area (Å²) in [4.78, 5) is 16.4. The summed E-state index contributed by atoms with van der Waals surface area (Å²) in [6, 6.07) is 22.7. The van der Waals surface area contributed by atoms with Gasteiger partial charge in [0.1, 0.15) is 0 Å². The number of para-hydroxylation sites is 1. The van der Waals surface area contributed by atoms with Crippen LogP contribution in [0.1, 0.15) is 40.7 Å². The fourth-order valence-corrected chi connectivity index (χ4v) is 4.47. The van der Waals surface area contributed by atoms with Crippen LogP contribution in [-0.2, 0) is 4.79 Å². The zero-order valence-electron chi connectivity index (χ0n) is 19.2. The second-order valence-electron chi connectivity index (χ2n) is 8.65. The van der Waals surface area contributed by atoms with Crippen molar-refractivity contribution in [3.8, 4) is 0 Å². The molecule has 0 radical (unpaired) electrons. The van der Waals surface area contributed by atoms with Crippen LogP contribution in [0.4, 0.5) is 5.69 Å². The molecular weight excluding hydrogens is 394 g/mol. The van der Waals surface area contributed by atoms with Crippen LogP contribution in [0.25, 0.3) is 10.9 Å². The molecule has 4 nitrogen and oxygen atoms in total. The number of anilines is 1. The molecule has 4 aromatic rings.